The number of hydrogen-bond donors (Lipinski definition) is 0. The molecule has 0 atom stereocenters. The van der Waals surface area contributed by atoms with Crippen LogP contribution in [0, 0.1) is 21.4 Å². The summed E-state index contributed by atoms with van der Waals surface area (Å²) in [5, 5.41) is 0. The van der Waals surface area contributed by atoms with Crippen LogP contribution in [0.15, 0.2) is 0 Å². The topological polar surface area (TPSA) is 3.24 Å². The molecule has 0 bridgehead atoms. The van der Waals surface area contributed by atoms with E-state index in [1.165, 1.54) is 25.7 Å². The van der Waals surface area contributed by atoms with Crippen LogP contribution < -0.4 is 29.6 Å². The Labute approximate surface area is 94.8 Å². The summed E-state index contributed by atoms with van der Waals surface area (Å²) in [4.78, 5) is 1.76. The Balaban J connectivity index is -0.0000000990. The van der Waals surface area contributed by atoms with Crippen LogP contribution in [0.5, 0.6) is 0 Å². The molecule has 0 N–H and O–H groups in total. The molecule has 1 aliphatic carbocycles. The minimum Gasteiger partial charge on any atom is -0.487 e. The van der Waals surface area contributed by atoms with E-state index >= 15 is 0 Å². The third-order valence-corrected chi connectivity index (χ3v) is 1.38. The van der Waals surface area contributed by atoms with E-state index in [0.717, 1.165) is 6.54 Å². The zero-order valence-electron chi connectivity index (χ0n) is 8.40. The van der Waals surface area contributed by atoms with E-state index in [4.69, 9.17) is 0 Å². The first-order valence-electron chi connectivity index (χ1n) is 3.58. The smallest absolute Gasteiger partial charge is 0.487 e. The van der Waals surface area contributed by atoms with Gasteiger partial charge in [0, 0.05) is 0 Å². The average Bonchev–Trinajstić information content (AvgIpc) is 1.61. The Morgan fingerprint density at radius 2 is 1.36 bits per heavy atom. The van der Waals surface area contributed by atoms with Gasteiger partial charge in [-0.3, -0.25) is 7.05 Å². The first-order chi connectivity index (χ1) is 4.27. The zero-order valence-corrected chi connectivity index (χ0v) is 10.4. The molecule has 1 nitrogen and oxygen atoms in total. The van der Waals surface area contributed by atoms with Crippen LogP contribution in [0.3, 0.4) is 0 Å². The quantitative estimate of drug-likeness (QED) is 0.376. The normalized spacial score (nSPS) is 13.1. The molecule has 11 heavy (non-hydrogen) atoms. The van der Waals surface area contributed by atoms with E-state index in [0.29, 0.717) is 0 Å². The molecule has 0 aliphatic heterocycles. The van der Waals surface area contributed by atoms with Crippen molar-refractivity contribution < 1.29 is 29.6 Å². The minimum atomic E-state index is 0. The van der Waals surface area contributed by atoms with Gasteiger partial charge in [0.25, 0.3) is 0 Å². The van der Waals surface area contributed by atoms with Crippen LogP contribution in [0.25, 0.3) is 0 Å². The van der Waals surface area contributed by atoms with Crippen molar-refractivity contribution in [3.8, 4) is 0 Å². The van der Waals surface area contributed by atoms with Crippen LogP contribution in [0.1, 0.15) is 25.7 Å². The number of rotatable bonds is 1. The van der Waals surface area contributed by atoms with Gasteiger partial charge in [-0.15, -0.1) is 0 Å². The second-order valence-corrected chi connectivity index (χ2v) is 2.49. The molecule has 0 radical (unpaired) electrons. The van der Waals surface area contributed by atoms with Crippen LogP contribution in [-0.2, 0) is 0 Å². The van der Waals surface area contributed by atoms with Gasteiger partial charge in [0.15, 0.2) is 0 Å². The van der Waals surface area contributed by atoms with Crippen molar-refractivity contribution in [3.05, 3.63) is 21.4 Å². The summed E-state index contributed by atoms with van der Waals surface area (Å²) >= 11 is 0. The zero-order chi connectivity index (χ0) is 7.11. The van der Waals surface area contributed by atoms with E-state index in [9.17, 15) is 0 Å². The summed E-state index contributed by atoms with van der Waals surface area (Å²) < 4.78 is 0. The molecule has 1 saturated carbocycles. The molecule has 0 saturated heterocycles. The summed E-state index contributed by atoms with van der Waals surface area (Å²) in [5.41, 5.74) is 0. The summed E-state index contributed by atoms with van der Waals surface area (Å²) in [6.45, 7) is 4.33. The van der Waals surface area contributed by atoms with Crippen LogP contribution in [-0.4, -0.2) is 18.5 Å². The summed E-state index contributed by atoms with van der Waals surface area (Å²) in [5.74, 6) is 0. The van der Waals surface area contributed by atoms with Gasteiger partial charge in [0.2, 0.25) is 0 Å². The van der Waals surface area contributed by atoms with Crippen LogP contribution >= 0.6 is 0 Å². The summed E-state index contributed by atoms with van der Waals surface area (Å²) in [7, 11) is 5.41. The molecular weight excluding hydrogens is 145 g/mol. The fourth-order valence-corrected chi connectivity index (χ4v) is 0.250. The fraction of sp³-hybridized carbons (Fsp3) is 0.667. The van der Waals surface area contributed by atoms with E-state index in [1.807, 2.05) is 7.05 Å². The van der Waals surface area contributed by atoms with Gasteiger partial charge in [-0.1, -0.05) is 25.7 Å². The Bertz CT molecular complexity index is 47.5. The second kappa shape index (κ2) is 13.5. The maximum atomic E-state index is 3.55. The van der Waals surface area contributed by atoms with Crippen molar-refractivity contribution in [2.75, 3.05) is 13.6 Å². The first-order valence-corrected chi connectivity index (χ1v) is 3.58. The molecule has 0 spiro atoms. The van der Waals surface area contributed by atoms with Crippen molar-refractivity contribution in [1.29, 1.82) is 0 Å². The Morgan fingerprint density at radius 1 is 1.18 bits per heavy atom. The molecule has 0 amide bonds. The molecule has 1 aliphatic rings. The maximum absolute atomic E-state index is 3.55. The predicted molar refractivity (Wildman–Crippen MR) is 48.2 cm³/mol. The molecule has 0 aromatic heterocycles. The number of hydrogen-bond acceptors (Lipinski definition) is 1. The molecule has 2 heteroatoms. The van der Waals surface area contributed by atoms with Gasteiger partial charge in [-0.05, 0) is 7.05 Å². The Hall–Kier alpha value is 0.960. The van der Waals surface area contributed by atoms with Crippen molar-refractivity contribution >= 4 is 0 Å². The Morgan fingerprint density at radius 3 is 1.36 bits per heavy atom. The molecule has 0 aromatic carbocycles. The van der Waals surface area contributed by atoms with Gasteiger partial charge in [-0.2, -0.15) is 6.54 Å². The second-order valence-electron chi connectivity index (χ2n) is 2.49. The predicted octanol–water partition coefficient (Wildman–Crippen LogP) is -0.441. The van der Waals surface area contributed by atoms with Gasteiger partial charge < -0.3 is 19.3 Å². The maximum Gasteiger partial charge on any atom is 1.00 e. The standard InChI is InChI=1S/C4H9N.C4H8.CH3.Na/c1-4-5(2)3;1-2-4-3-1;;/h1-2,4H2,3H3;1-4H2;1H3;/q-2;;-1;+1. The van der Waals surface area contributed by atoms with Gasteiger partial charge in [0.05, 0.1) is 0 Å². The Kier molecular flexibility index (Phi) is 22.0. The number of nitrogens with zero attached hydrogens (tertiary/aromatic N) is 1. The van der Waals surface area contributed by atoms with Crippen LogP contribution in [0.2, 0.25) is 0 Å². The fourth-order valence-electron chi connectivity index (χ4n) is 0.250. The molecule has 0 heterocycles. The molecule has 0 unspecified atom stereocenters. The third-order valence-electron chi connectivity index (χ3n) is 1.38. The molecule has 1 rings (SSSR count). The molecule has 0 aromatic rings. The van der Waals surface area contributed by atoms with Crippen molar-refractivity contribution in [1.82, 2.24) is 4.90 Å². The minimum absolute atomic E-state index is 0. The average molecular weight is 165 g/mol. The van der Waals surface area contributed by atoms with E-state index < -0.39 is 0 Å². The van der Waals surface area contributed by atoms with E-state index in [2.05, 4.69) is 14.0 Å². The van der Waals surface area contributed by atoms with Gasteiger partial charge in [0.1, 0.15) is 0 Å². The van der Waals surface area contributed by atoms with Crippen molar-refractivity contribution in [2.24, 2.45) is 0 Å². The summed E-state index contributed by atoms with van der Waals surface area (Å²) in [6.07, 6.45) is 6.00. The largest absolute Gasteiger partial charge is 1.00 e. The molecule has 1 fully saturated rings. The van der Waals surface area contributed by atoms with Crippen molar-refractivity contribution in [3.63, 3.8) is 0 Å². The van der Waals surface area contributed by atoms with Gasteiger partial charge in [-0.25, -0.2) is 0 Å². The molecule has 64 valence electrons. The monoisotopic (exact) mass is 165 g/mol. The first kappa shape index (κ1) is 17.9. The third kappa shape index (κ3) is 18.2. The van der Waals surface area contributed by atoms with Crippen LogP contribution in [0.4, 0.5) is 0 Å². The van der Waals surface area contributed by atoms with E-state index in [1.54, 1.807) is 4.90 Å². The molecular formula is C9H20NNa-2. The summed E-state index contributed by atoms with van der Waals surface area (Å²) in [6, 6.07) is 0. The van der Waals surface area contributed by atoms with Gasteiger partial charge >= 0.3 is 29.6 Å². The van der Waals surface area contributed by atoms with E-state index in [-0.39, 0.29) is 37.0 Å². The SMILES string of the molecule is C1CCC1.[CH2-]CN([CH2-])C.[CH3-].[Na+]. The van der Waals surface area contributed by atoms with Crippen molar-refractivity contribution in [2.45, 2.75) is 25.7 Å².